The molecule has 3 saturated heterocycles. The average molecular weight is 726 g/mol. The Morgan fingerprint density at radius 1 is 0.865 bits per heavy atom. The Bertz CT molecular complexity index is 1990. The highest BCUT2D eigenvalue weighted by atomic mass is 32.2. The molecular weight excluding hydrogens is 683 g/mol. The Morgan fingerprint density at radius 3 is 1.94 bits per heavy atom. The van der Waals surface area contributed by atoms with Crippen LogP contribution < -0.4 is 15.1 Å². The van der Waals surface area contributed by atoms with Crippen molar-refractivity contribution in [3.63, 3.8) is 0 Å². The molecule has 2 aromatic carbocycles. The summed E-state index contributed by atoms with van der Waals surface area (Å²) in [5, 5.41) is 13.5. The number of morpholine rings is 2. The number of nitrogens with zero attached hydrogens (tertiary/aromatic N) is 6. The number of hydrogen-bond acceptors (Lipinski definition) is 12. The number of ether oxygens (including phenoxy) is 3. The van der Waals surface area contributed by atoms with Crippen LogP contribution in [0.25, 0.3) is 21.8 Å². The van der Waals surface area contributed by atoms with Gasteiger partial charge in [-0.25, -0.2) is 4.79 Å². The number of aromatic nitrogens is 2. The van der Waals surface area contributed by atoms with Crippen molar-refractivity contribution in [1.82, 2.24) is 20.2 Å². The van der Waals surface area contributed by atoms with Gasteiger partial charge in [0.25, 0.3) is 5.91 Å². The summed E-state index contributed by atoms with van der Waals surface area (Å²) in [6.45, 7) is 11.9. The van der Waals surface area contributed by atoms with Crippen LogP contribution in [0.1, 0.15) is 39.0 Å². The Hall–Kier alpha value is -4.97. The lowest BCUT2D eigenvalue weighted by molar-refractivity contribution is -0.129. The summed E-state index contributed by atoms with van der Waals surface area (Å²) in [6, 6.07) is 17.2. The van der Waals surface area contributed by atoms with E-state index < -0.39 is 6.04 Å². The van der Waals surface area contributed by atoms with E-state index in [1.165, 1.54) is 4.90 Å². The molecule has 2 amide bonds. The Labute approximate surface area is 307 Å². The third-order valence-corrected chi connectivity index (χ3v) is 10.1. The van der Waals surface area contributed by atoms with Gasteiger partial charge in [-0.15, -0.1) is 11.8 Å². The number of esters is 1. The summed E-state index contributed by atoms with van der Waals surface area (Å²) < 4.78 is 16.0. The van der Waals surface area contributed by atoms with Crippen molar-refractivity contribution >= 4 is 62.7 Å². The van der Waals surface area contributed by atoms with Crippen LogP contribution in [0.3, 0.4) is 0 Å². The molecule has 5 heterocycles. The fraction of sp³-hybridized carbons (Fsp3) is 0.421. The van der Waals surface area contributed by atoms with E-state index in [0.29, 0.717) is 42.6 Å². The molecule has 3 aliphatic heterocycles. The molecule has 52 heavy (non-hydrogen) atoms. The smallest absolute Gasteiger partial charge is 0.338 e. The highest BCUT2D eigenvalue weighted by Gasteiger charge is 2.29. The number of carbonyl (C=O) groups is 3. The molecule has 0 unspecified atom stereocenters. The first-order valence-corrected chi connectivity index (χ1v) is 18.6. The number of aryl methyl sites for hydroxylation is 2. The quantitative estimate of drug-likeness (QED) is 0.274. The van der Waals surface area contributed by atoms with Crippen LogP contribution in [0.4, 0.5) is 11.4 Å². The molecule has 3 fully saturated rings. The van der Waals surface area contributed by atoms with Crippen LogP contribution in [-0.2, 0) is 19.0 Å². The number of nitriles is 1. The van der Waals surface area contributed by atoms with Gasteiger partial charge < -0.3 is 34.2 Å². The maximum Gasteiger partial charge on any atom is 0.338 e. The van der Waals surface area contributed by atoms with E-state index in [1.54, 1.807) is 23.9 Å². The van der Waals surface area contributed by atoms with E-state index in [-0.39, 0.29) is 24.3 Å². The lowest BCUT2D eigenvalue weighted by Gasteiger charge is -2.29. The lowest BCUT2D eigenvalue weighted by Crippen LogP contribution is -2.42. The number of thioether (sulfide) groups is 1. The Kier molecular flexibility index (Phi) is 12.1. The van der Waals surface area contributed by atoms with Gasteiger partial charge in [0.2, 0.25) is 5.91 Å². The molecule has 0 spiro atoms. The van der Waals surface area contributed by atoms with Crippen molar-refractivity contribution in [2.45, 2.75) is 26.8 Å². The van der Waals surface area contributed by atoms with Gasteiger partial charge in [0.15, 0.2) is 0 Å². The van der Waals surface area contributed by atoms with E-state index in [2.05, 4.69) is 37.2 Å². The summed E-state index contributed by atoms with van der Waals surface area (Å²) in [7, 11) is 0. The first-order valence-electron chi connectivity index (χ1n) is 17.5. The molecule has 3 aliphatic rings. The predicted octanol–water partition coefficient (Wildman–Crippen LogP) is 4.09. The maximum absolute atomic E-state index is 13.0. The highest BCUT2D eigenvalue weighted by molar-refractivity contribution is 7.99. The van der Waals surface area contributed by atoms with Gasteiger partial charge in [0.05, 0.1) is 73.7 Å². The third-order valence-electron chi connectivity index (χ3n) is 9.08. The van der Waals surface area contributed by atoms with Crippen LogP contribution in [-0.4, -0.2) is 116 Å². The van der Waals surface area contributed by atoms with Gasteiger partial charge in [-0.3, -0.25) is 19.6 Å². The van der Waals surface area contributed by atoms with Crippen molar-refractivity contribution in [2.75, 3.05) is 87.2 Å². The molecule has 4 aromatic rings. The molecule has 0 saturated carbocycles. The number of benzene rings is 2. The first-order chi connectivity index (χ1) is 25.2. The van der Waals surface area contributed by atoms with Crippen molar-refractivity contribution in [2.24, 2.45) is 0 Å². The molecule has 1 atom stereocenters. The average Bonchev–Trinajstić information content (AvgIpc) is 3.66. The van der Waals surface area contributed by atoms with E-state index >= 15 is 0 Å². The summed E-state index contributed by atoms with van der Waals surface area (Å²) >= 11 is 1.54. The topological polar surface area (TPSA) is 150 Å². The van der Waals surface area contributed by atoms with Crippen molar-refractivity contribution in [3.8, 4) is 6.07 Å². The minimum Gasteiger partial charge on any atom is -0.462 e. The van der Waals surface area contributed by atoms with E-state index in [9.17, 15) is 14.4 Å². The number of pyridine rings is 2. The highest BCUT2D eigenvalue weighted by Crippen LogP contribution is 2.27. The first kappa shape index (κ1) is 36.8. The number of hydrogen-bond donors (Lipinski definition) is 1. The van der Waals surface area contributed by atoms with Crippen molar-refractivity contribution < 1.29 is 28.6 Å². The molecule has 1 N–H and O–H groups in total. The van der Waals surface area contributed by atoms with E-state index in [0.717, 1.165) is 84.0 Å². The maximum atomic E-state index is 13.0. The number of rotatable bonds is 7. The summed E-state index contributed by atoms with van der Waals surface area (Å²) in [4.78, 5) is 52.7. The van der Waals surface area contributed by atoms with Crippen LogP contribution >= 0.6 is 11.8 Å². The molecule has 2 aromatic heterocycles. The van der Waals surface area contributed by atoms with Crippen molar-refractivity contribution in [1.29, 1.82) is 5.26 Å². The molecule has 14 heteroatoms. The normalized spacial score (nSPS) is 17.3. The van der Waals surface area contributed by atoms with Crippen LogP contribution in [0.2, 0.25) is 0 Å². The zero-order valence-corrected chi connectivity index (χ0v) is 30.5. The minimum absolute atomic E-state index is 0.135. The van der Waals surface area contributed by atoms with Gasteiger partial charge in [0, 0.05) is 65.5 Å². The number of nitrogens with one attached hydrogen (secondary N) is 1. The second-order valence-electron chi connectivity index (χ2n) is 12.6. The second kappa shape index (κ2) is 17.0. The zero-order chi connectivity index (χ0) is 36.6. The fourth-order valence-corrected chi connectivity index (χ4v) is 7.55. The molecule has 272 valence electrons. The van der Waals surface area contributed by atoms with Crippen LogP contribution in [0.15, 0.2) is 48.5 Å². The molecule has 0 radical (unpaired) electrons. The summed E-state index contributed by atoms with van der Waals surface area (Å²) in [5.41, 5.74) is 6.30. The third kappa shape index (κ3) is 8.55. The summed E-state index contributed by atoms with van der Waals surface area (Å²) in [6.07, 6.45) is 0. The number of amides is 2. The summed E-state index contributed by atoms with van der Waals surface area (Å²) in [5.74, 6) is 0.224. The van der Waals surface area contributed by atoms with Crippen LogP contribution in [0.5, 0.6) is 0 Å². The SMILES string of the molecule is CCOC(=O)c1cc(C)nc2ccc(N3CCOCC3)cc12.Cc1cc(C(=O)NCC(=O)N2CSC[C@H]2C#N)c2cc(N3CCOCC3)ccc2n1. The zero-order valence-electron chi connectivity index (χ0n) is 29.7. The van der Waals surface area contributed by atoms with Gasteiger partial charge >= 0.3 is 5.97 Å². The van der Waals surface area contributed by atoms with Gasteiger partial charge in [-0.1, -0.05) is 0 Å². The van der Waals surface area contributed by atoms with Gasteiger partial charge in [-0.05, 0) is 69.3 Å². The van der Waals surface area contributed by atoms with Crippen molar-refractivity contribution in [3.05, 3.63) is 71.0 Å². The van der Waals surface area contributed by atoms with Gasteiger partial charge in [-0.2, -0.15) is 5.26 Å². The molecule has 7 rings (SSSR count). The Balaban J connectivity index is 0.000000187. The van der Waals surface area contributed by atoms with Gasteiger partial charge in [0.1, 0.15) is 6.04 Å². The lowest BCUT2D eigenvalue weighted by atomic mass is 10.1. The molecule has 13 nitrogen and oxygen atoms in total. The monoisotopic (exact) mass is 725 g/mol. The number of carbonyl (C=O) groups excluding carboxylic acids is 3. The standard InChI is InChI=1S/C21H23N5O3S.C17H20N2O3/c1-14-8-18(21(28)23-11-20(27)26-13-30-12-16(26)10-22)17-9-15(2-3-19(17)24-14)25-4-6-29-7-5-25;1-3-22-17(20)15-10-12(2)18-16-5-4-13(11-14(15)16)19-6-8-21-9-7-19/h2-3,8-9,16H,4-7,11-13H2,1H3,(H,23,28);4-5,10-11H,3,6-9H2,1-2H3/t16-;/m1./s1. The largest absolute Gasteiger partial charge is 0.462 e. The Morgan fingerprint density at radius 2 is 1.40 bits per heavy atom. The fourth-order valence-electron chi connectivity index (χ4n) is 6.44. The van der Waals surface area contributed by atoms with E-state index in [1.807, 2.05) is 51.1 Å². The van der Waals surface area contributed by atoms with Crippen LogP contribution in [0, 0.1) is 25.2 Å². The second-order valence-corrected chi connectivity index (χ2v) is 13.6. The number of anilines is 2. The predicted molar refractivity (Wildman–Crippen MR) is 201 cm³/mol. The van der Waals surface area contributed by atoms with E-state index in [4.69, 9.17) is 19.5 Å². The number of fused-ring (bicyclic) bond motifs is 2. The molecular formula is C38H43N7O6S. The minimum atomic E-state index is -0.431. The molecule has 0 bridgehead atoms. The molecule has 0 aliphatic carbocycles.